The van der Waals surface area contributed by atoms with E-state index in [4.69, 9.17) is 11.6 Å². The number of imidazole rings is 1. The maximum Gasteiger partial charge on any atom is 0.203 e. The van der Waals surface area contributed by atoms with Gasteiger partial charge in [0.1, 0.15) is 0 Å². The summed E-state index contributed by atoms with van der Waals surface area (Å²) in [4.78, 5) is 4.39. The van der Waals surface area contributed by atoms with E-state index in [1.165, 1.54) is 24.2 Å². The van der Waals surface area contributed by atoms with Crippen molar-refractivity contribution in [3.05, 3.63) is 16.7 Å². The van der Waals surface area contributed by atoms with Crippen LogP contribution in [0.3, 0.4) is 0 Å². The van der Waals surface area contributed by atoms with Crippen LogP contribution in [0.5, 0.6) is 0 Å². The molecule has 1 aromatic rings. The molecule has 0 saturated heterocycles. The highest BCUT2D eigenvalue weighted by Crippen LogP contribution is 2.25. The second-order valence-electron chi connectivity index (χ2n) is 3.32. The van der Waals surface area contributed by atoms with Crippen LogP contribution in [-0.4, -0.2) is 15.8 Å². The van der Waals surface area contributed by atoms with Crippen molar-refractivity contribution >= 4 is 23.4 Å². The Hall–Kier alpha value is -0.150. The number of thioether (sulfide) groups is 1. The van der Waals surface area contributed by atoms with Crippen LogP contribution in [0.1, 0.15) is 24.2 Å². The van der Waals surface area contributed by atoms with Gasteiger partial charge in [-0.15, -0.1) is 0 Å². The van der Waals surface area contributed by atoms with E-state index in [0.717, 1.165) is 18.7 Å². The Morgan fingerprint density at radius 1 is 1.54 bits per heavy atom. The summed E-state index contributed by atoms with van der Waals surface area (Å²) in [6.45, 7) is 1.05. The minimum absolute atomic E-state index is 0.679. The number of fused-ring (bicyclic) bond motifs is 1. The summed E-state index contributed by atoms with van der Waals surface area (Å²) in [7, 11) is 0. The fourth-order valence-electron chi connectivity index (χ4n) is 1.82. The predicted molar refractivity (Wildman–Crippen MR) is 57.4 cm³/mol. The SMILES string of the molecule is CSCc1nc(Cl)n2c1CCCC2. The lowest BCUT2D eigenvalue weighted by molar-refractivity contribution is 0.531. The molecule has 0 saturated carbocycles. The molecule has 1 aliphatic rings. The van der Waals surface area contributed by atoms with Gasteiger partial charge in [0.15, 0.2) is 0 Å². The van der Waals surface area contributed by atoms with E-state index in [0.29, 0.717) is 5.28 Å². The Labute approximate surface area is 87.7 Å². The standard InChI is InChI=1S/C9H13ClN2S/c1-13-6-7-8-4-2-3-5-12(8)9(10)11-7/h2-6H2,1H3. The molecule has 2 heterocycles. The molecule has 1 aromatic heterocycles. The molecule has 13 heavy (non-hydrogen) atoms. The van der Waals surface area contributed by atoms with E-state index < -0.39 is 0 Å². The molecule has 2 rings (SSSR count). The van der Waals surface area contributed by atoms with Crippen molar-refractivity contribution in [3.8, 4) is 0 Å². The molecule has 0 aliphatic carbocycles. The summed E-state index contributed by atoms with van der Waals surface area (Å²) < 4.78 is 2.16. The maximum absolute atomic E-state index is 6.04. The Morgan fingerprint density at radius 3 is 3.15 bits per heavy atom. The highest BCUT2D eigenvalue weighted by molar-refractivity contribution is 7.97. The minimum Gasteiger partial charge on any atom is -0.319 e. The molecule has 2 nitrogen and oxygen atoms in total. The summed E-state index contributed by atoms with van der Waals surface area (Å²) in [5.74, 6) is 0.988. The van der Waals surface area contributed by atoms with Crippen molar-refractivity contribution in [1.82, 2.24) is 9.55 Å². The second kappa shape index (κ2) is 3.93. The third-order valence-corrected chi connectivity index (χ3v) is 3.29. The van der Waals surface area contributed by atoms with Crippen LogP contribution in [0.15, 0.2) is 0 Å². The summed E-state index contributed by atoms with van der Waals surface area (Å²) in [6.07, 6.45) is 5.77. The van der Waals surface area contributed by atoms with Gasteiger partial charge in [-0.2, -0.15) is 11.8 Å². The summed E-state index contributed by atoms with van der Waals surface area (Å²) >= 11 is 7.85. The van der Waals surface area contributed by atoms with Crippen molar-refractivity contribution < 1.29 is 0 Å². The highest BCUT2D eigenvalue weighted by atomic mass is 35.5. The molecule has 0 spiro atoms. The summed E-state index contributed by atoms with van der Waals surface area (Å²) in [5.41, 5.74) is 2.56. The van der Waals surface area contributed by atoms with E-state index >= 15 is 0 Å². The first-order chi connectivity index (χ1) is 6.33. The number of nitrogens with zero attached hydrogens (tertiary/aromatic N) is 2. The molecule has 0 radical (unpaired) electrons. The topological polar surface area (TPSA) is 17.8 Å². The van der Waals surface area contributed by atoms with Gasteiger partial charge in [0.2, 0.25) is 5.28 Å². The predicted octanol–water partition coefficient (Wildman–Crippen LogP) is 2.74. The molecule has 1 aliphatic heterocycles. The third kappa shape index (κ3) is 1.72. The third-order valence-electron chi connectivity index (χ3n) is 2.44. The van der Waals surface area contributed by atoms with Crippen LogP contribution < -0.4 is 0 Å². The van der Waals surface area contributed by atoms with E-state index in [1.54, 1.807) is 11.8 Å². The van der Waals surface area contributed by atoms with Crippen molar-refractivity contribution in [3.63, 3.8) is 0 Å². The summed E-state index contributed by atoms with van der Waals surface area (Å²) in [5, 5.41) is 0.679. The molecular formula is C9H13ClN2S. The first kappa shape index (κ1) is 9.41. The molecule has 0 aromatic carbocycles. The zero-order chi connectivity index (χ0) is 9.26. The quantitative estimate of drug-likeness (QED) is 0.757. The van der Waals surface area contributed by atoms with Gasteiger partial charge < -0.3 is 4.57 Å². The molecule has 0 N–H and O–H groups in total. The van der Waals surface area contributed by atoms with Crippen LogP contribution in [0.25, 0.3) is 0 Å². The van der Waals surface area contributed by atoms with Gasteiger partial charge >= 0.3 is 0 Å². The van der Waals surface area contributed by atoms with Gasteiger partial charge in [-0.05, 0) is 37.1 Å². The molecular weight excluding hydrogens is 204 g/mol. The molecule has 4 heteroatoms. The van der Waals surface area contributed by atoms with Crippen molar-refractivity contribution in [2.75, 3.05) is 6.26 Å². The number of halogens is 1. The van der Waals surface area contributed by atoms with Gasteiger partial charge in [0.05, 0.1) is 5.69 Å². The van der Waals surface area contributed by atoms with E-state index in [-0.39, 0.29) is 0 Å². The fraction of sp³-hybridized carbons (Fsp3) is 0.667. The van der Waals surface area contributed by atoms with E-state index in [9.17, 15) is 0 Å². The lowest BCUT2D eigenvalue weighted by atomic mass is 10.1. The average molecular weight is 217 g/mol. The second-order valence-corrected chi connectivity index (χ2v) is 4.52. The van der Waals surface area contributed by atoms with Gasteiger partial charge in [-0.25, -0.2) is 4.98 Å². The average Bonchev–Trinajstić information content (AvgIpc) is 2.46. The van der Waals surface area contributed by atoms with Gasteiger partial charge in [-0.3, -0.25) is 0 Å². The molecule has 0 amide bonds. The van der Waals surface area contributed by atoms with Crippen molar-refractivity contribution in [2.45, 2.75) is 31.6 Å². The maximum atomic E-state index is 6.04. The Kier molecular flexibility index (Phi) is 2.84. The zero-order valence-corrected chi connectivity index (χ0v) is 9.29. The van der Waals surface area contributed by atoms with Gasteiger partial charge in [-0.1, -0.05) is 0 Å². The Morgan fingerprint density at radius 2 is 2.38 bits per heavy atom. The lowest BCUT2D eigenvalue weighted by Gasteiger charge is -2.15. The Bertz CT molecular complexity index is 309. The largest absolute Gasteiger partial charge is 0.319 e. The van der Waals surface area contributed by atoms with E-state index in [2.05, 4.69) is 15.8 Å². The van der Waals surface area contributed by atoms with Gasteiger partial charge in [0.25, 0.3) is 0 Å². The molecule has 0 unspecified atom stereocenters. The first-order valence-electron chi connectivity index (χ1n) is 4.55. The molecule has 72 valence electrons. The first-order valence-corrected chi connectivity index (χ1v) is 6.33. The smallest absolute Gasteiger partial charge is 0.203 e. The lowest BCUT2D eigenvalue weighted by Crippen LogP contribution is -2.10. The van der Waals surface area contributed by atoms with Crippen molar-refractivity contribution in [2.24, 2.45) is 0 Å². The number of rotatable bonds is 2. The monoisotopic (exact) mass is 216 g/mol. The minimum atomic E-state index is 0.679. The number of aromatic nitrogens is 2. The number of hydrogen-bond acceptors (Lipinski definition) is 2. The zero-order valence-electron chi connectivity index (χ0n) is 7.72. The summed E-state index contributed by atoms with van der Waals surface area (Å²) in [6, 6.07) is 0. The molecule has 0 fully saturated rings. The fourth-order valence-corrected chi connectivity index (χ4v) is 2.62. The van der Waals surface area contributed by atoms with Gasteiger partial charge in [0, 0.05) is 18.0 Å². The normalized spacial score (nSPS) is 15.8. The van der Waals surface area contributed by atoms with Crippen LogP contribution in [-0.2, 0) is 18.7 Å². The van der Waals surface area contributed by atoms with Crippen LogP contribution in [0.2, 0.25) is 5.28 Å². The van der Waals surface area contributed by atoms with E-state index in [1.807, 2.05) is 0 Å². The Balaban J connectivity index is 2.36. The molecule has 0 bridgehead atoms. The highest BCUT2D eigenvalue weighted by Gasteiger charge is 2.17. The van der Waals surface area contributed by atoms with Crippen LogP contribution in [0, 0.1) is 0 Å². The molecule has 0 atom stereocenters. The van der Waals surface area contributed by atoms with Crippen LogP contribution >= 0.6 is 23.4 Å². The van der Waals surface area contributed by atoms with Crippen LogP contribution in [0.4, 0.5) is 0 Å². The number of hydrogen-bond donors (Lipinski definition) is 0. The van der Waals surface area contributed by atoms with Crippen molar-refractivity contribution in [1.29, 1.82) is 0 Å².